The molecule has 2 heterocycles. The molecule has 0 N–H and O–H groups in total. The van der Waals surface area contributed by atoms with E-state index >= 15 is 0 Å². The minimum Gasteiger partial charge on any atom is -0.291 e. The third-order valence-electron chi connectivity index (χ3n) is 2.11. The standard InChI is InChI=1S/C11H10N2O2S/c1-8-3-4-10(16-8)9(14)7-13-6-2-5-12-11(13)15/h2-6H,7H2,1H3. The Hall–Kier alpha value is -1.75. The number of carbonyl (C=O) groups is 1. The number of Topliss-reactive ketones (excluding diaryl/α,β-unsaturated/α-hetero) is 1. The summed E-state index contributed by atoms with van der Waals surface area (Å²) in [6.07, 6.45) is 2.98. The van der Waals surface area contributed by atoms with Gasteiger partial charge in [-0.25, -0.2) is 9.78 Å². The Morgan fingerprint density at radius 3 is 2.94 bits per heavy atom. The first-order valence-corrected chi connectivity index (χ1v) is 5.59. The SMILES string of the molecule is Cc1ccc(C(=O)Cn2cccnc2=O)s1. The maximum absolute atomic E-state index is 11.8. The van der Waals surface area contributed by atoms with Crippen molar-refractivity contribution in [1.29, 1.82) is 0 Å². The number of thiophene rings is 1. The van der Waals surface area contributed by atoms with Crippen molar-refractivity contribution >= 4 is 17.1 Å². The fourth-order valence-corrected chi connectivity index (χ4v) is 2.12. The number of ketones is 1. The van der Waals surface area contributed by atoms with Crippen LogP contribution in [-0.4, -0.2) is 15.3 Å². The summed E-state index contributed by atoms with van der Waals surface area (Å²) in [6, 6.07) is 5.31. The van der Waals surface area contributed by atoms with Gasteiger partial charge in [-0.1, -0.05) is 0 Å². The second-order valence-corrected chi connectivity index (χ2v) is 4.65. The van der Waals surface area contributed by atoms with Gasteiger partial charge in [0.15, 0.2) is 5.78 Å². The predicted octanol–water partition coefficient (Wildman–Crippen LogP) is 1.50. The molecule has 82 valence electrons. The van der Waals surface area contributed by atoms with Crippen molar-refractivity contribution in [2.75, 3.05) is 0 Å². The first-order chi connectivity index (χ1) is 7.66. The van der Waals surface area contributed by atoms with Gasteiger partial charge in [0.1, 0.15) is 0 Å². The van der Waals surface area contributed by atoms with Crippen molar-refractivity contribution in [3.8, 4) is 0 Å². The van der Waals surface area contributed by atoms with Gasteiger partial charge in [-0.3, -0.25) is 9.36 Å². The van der Waals surface area contributed by atoms with Crippen molar-refractivity contribution in [2.24, 2.45) is 0 Å². The number of nitrogens with zero attached hydrogens (tertiary/aromatic N) is 2. The number of hydrogen-bond donors (Lipinski definition) is 0. The Bertz CT molecular complexity index is 571. The van der Waals surface area contributed by atoms with Gasteiger partial charge in [-0.05, 0) is 25.1 Å². The second kappa shape index (κ2) is 4.40. The van der Waals surface area contributed by atoms with Crippen LogP contribution < -0.4 is 5.69 Å². The van der Waals surface area contributed by atoms with Crippen LogP contribution in [0.2, 0.25) is 0 Å². The molecule has 2 rings (SSSR count). The fourth-order valence-electron chi connectivity index (χ4n) is 1.32. The van der Waals surface area contributed by atoms with Crippen molar-refractivity contribution in [1.82, 2.24) is 9.55 Å². The van der Waals surface area contributed by atoms with E-state index in [0.29, 0.717) is 4.88 Å². The summed E-state index contributed by atoms with van der Waals surface area (Å²) in [5.41, 5.74) is -0.399. The van der Waals surface area contributed by atoms with Gasteiger partial charge < -0.3 is 0 Å². The molecule has 2 aromatic heterocycles. The molecular weight excluding hydrogens is 224 g/mol. The number of aryl methyl sites for hydroxylation is 1. The highest BCUT2D eigenvalue weighted by atomic mass is 32.1. The van der Waals surface area contributed by atoms with E-state index in [1.807, 2.05) is 13.0 Å². The lowest BCUT2D eigenvalue weighted by Crippen LogP contribution is -2.25. The van der Waals surface area contributed by atoms with E-state index in [0.717, 1.165) is 4.88 Å². The van der Waals surface area contributed by atoms with Gasteiger partial charge in [0.05, 0.1) is 11.4 Å². The molecule has 0 aliphatic rings. The van der Waals surface area contributed by atoms with E-state index in [2.05, 4.69) is 4.98 Å². The highest BCUT2D eigenvalue weighted by molar-refractivity contribution is 7.14. The summed E-state index contributed by atoms with van der Waals surface area (Å²) in [5.74, 6) is -0.0619. The number of rotatable bonds is 3. The molecule has 16 heavy (non-hydrogen) atoms. The zero-order valence-electron chi connectivity index (χ0n) is 8.71. The van der Waals surface area contributed by atoms with Gasteiger partial charge in [0, 0.05) is 17.3 Å². The Balaban J connectivity index is 2.20. The minimum absolute atomic E-state index is 0.0482. The van der Waals surface area contributed by atoms with E-state index < -0.39 is 5.69 Å². The lowest BCUT2D eigenvalue weighted by atomic mass is 10.3. The Morgan fingerprint density at radius 1 is 1.50 bits per heavy atom. The van der Waals surface area contributed by atoms with E-state index in [1.54, 1.807) is 18.3 Å². The average molecular weight is 234 g/mol. The van der Waals surface area contributed by atoms with Gasteiger partial charge in [-0.15, -0.1) is 11.3 Å². The molecule has 2 aromatic rings. The molecule has 5 heteroatoms. The zero-order chi connectivity index (χ0) is 11.5. The average Bonchev–Trinajstić information content (AvgIpc) is 2.68. The molecule has 4 nitrogen and oxygen atoms in total. The molecule has 0 fully saturated rings. The summed E-state index contributed by atoms with van der Waals surface area (Å²) >= 11 is 1.44. The summed E-state index contributed by atoms with van der Waals surface area (Å²) in [6.45, 7) is 1.99. The summed E-state index contributed by atoms with van der Waals surface area (Å²) in [4.78, 5) is 28.4. The van der Waals surface area contributed by atoms with Crippen LogP contribution in [0.3, 0.4) is 0 Å². The fraction of sp³-hybridized carbons (Fsp3) is 0.182. The van der Waals surface area contributed by atoms with Gasteiger partial charge >= 0.3 is 5.69 Å². The lowest BCUT2D eigenvalue weighted by molar-refractivity contribution is 0.0974. The van der Waals surface area contributed by atoms with Gasteiger partial charge in [0.25, 0.3) is 0 Å². The molecule has 0 saturated carbocycles. The number of hydrogen-bond acceptors (Lipinski definition) is 4. The van der Waals surface area contributed by atoms with Crippen molar-refractivity contribution in [2.45, 2.75) is 13.5 Å². The Morgan fingerprint density at radius 2 is 2.31 bits per heavy atom. The van der Waals surface area contributed by atoms with Crippen molar-refractivity contribution in [3.63, 3.8) is 0 Å². The van der Waals surface area contributed by atoms with E-state index in [4.69, 9.17) is 0 Å². The van der Waals surface area contributed by atoms with Crippen LogP contribution in [0.5, 0.6) is 0 Å². The van der Waals surface area contributed by atoms with Crippen LogP contribution in [0.15, 0.2) is 35.4 Å². The smallest absolute Gasteiger partial charge is 0.291 e. The van der Waals surface area contributed by atoms with Crippen LogP contribution in [0.25, 0.3) is 0 Å². The van der Waals surface area contributed by atoms with Crippen molar-refractivity contribution < 1.29 is 4.79 Å². The van der Waals surface area contributed by atoms with Crippen LogP contribution in [0, 0.1) is 6.92 Å². The highest BCUT2D eigenvalue weighted by Gasteiger charge is 2.09. The molecule has 0 radical (unpaired) electrons. The maximum Gasteiger partial charge on any atom is 0.347 e. The number of carbonyl (C=O) groups excluding carboxylic acids is 1. The third kappa shape index (κ3) is 2.25. The van der Waals surface area contributed by atoms with E-state index in [-0.39, 0.29) is 12.3 Å². The van der Waals surface area contributed by atoms with Crippen LogP contribution in [-0.2, 0) is 6.54 Å². The van der Waals surface area contributed by atoms with Gasteiger partial charge in [0.2, 0.25) is 0 Å². The van der Waals surface area contributed by atoms with E-state index in [1.165, 1.54) is 22.1 Å². The highest BCUT2D eigenvalue weighted by Crippen LogP contribution is 2.15. The maximum atomic E-state index is 11.8. The normalized spacial score (nSPS) is 10.3. The van der Waals surface area contributed by atoms with Crippen LogP contribution in [0.1, 0.15) is 14.5 Å². The minimum atomic E-state index is -0.399. The first-order valence-electron chi connectivity index (χ1n) is 4.78. The molecule has 0 spiro atoms. The molecule has 0 amide bonds. The molecular formula is C11H10N2O2S. The monoisotopic (exact) mass is 234 g/mol. The molecule has 0 aliphatic heterocycles. The summed E-state index contributed by atoms with van der Waals surface area (Å²) in [5, 5.41) is 0. The molecule has 0 unspecified atom stereocenters. The molecule has 0 atom stereocenters. The molecule has 0 bridgehead atoms. The molecule has 0 aromatic carbocycles. The van der Waals surface area contributed by atoms with Crippen LogP contribution in [0.4, 0.5) is 0 Å². The topological polar surface area (TPSA) is 52.0 Å². The van der Waals surface area contributed by atoms with E-state index in [9.17, 15) is 9.59 Å². The zero-order valence-corrected chi connectivity index (χ0v) is 9.53. The van der Waals surface area contributed by atoms with Gasteiger partial charge in [-0.2, -0.15) is 0 Å². The lowest BCUT2D eigenvalue weighted by Gasteiger charge is -2.01. The Kier molecular flexibility index (Phi) is 2.96. The quantitative estimate of drug-likeness (QED) is 0.756. The third-order valence-corrected chi connectivity index (χ3v) is 3.15. The van der Waals surface area contributed by atoms with Crippen LogP contribution >= 0.6 is 11.3 Å². The largest absolute Gasteiger partial charge is 0.347 e. The molecule has 0 aliphatic carbocycles. The van der Waals surface area contributed by atoms with Crippen molar-refractivity contribution in [3.05, 3.63) is 50.8 Å². The summed E-state index contributed by atoms with van der Waals surface area (Å²) < 4.78 is 1.30. The second-order valence-electron chi connectivity index (χ2n) is 3.36. The first kappa shape index (κ1) is 10.8. The predicted molar refractivity (Wildman–Crippen MR) is 61.9 cm³/mol. The number of aromatic nitrogens is 2. The Labute approximate surface area is 96.2 Å². The summed E-state index contributed by atoms with van der Waals surface area (Å²) in [7, 11) is 0. The molecule has 0 saturated heterocycles.